The summed E-state index contributed by atoms with van der Waals surface area (Å²) in [7, 11) is -3.10. The predicted octanol–water partition coefficient (Wildman–Crippen LogP) is 1.43. The third kappa shape index (κ3) is 6.67. The lowest BCUT2D eigenvalue weighted by Gasteiger charge is -2.24. The fourth-order valence-corrected chi connectivity index (χ4v) is 4.39. The second kappa shape index (κ2) is 8.07. The van der Waals surface area contributed by atoms with Crippen LogP contribution in [0.3, 0.4) is 0 Å². The summed E-state index contributed by atoms with van der Waals surface area (Å²) in [6.07, 6.45) is -0.0168. The molecule has 2 N–H and O–H groups in total. The van der Waals surface area contributed by atoms with Gasteiger partial charge in [0.15, 0.2) is 9.84 Å². The molecule has 1 fully saturated rings. The van der Waals surface area contributed by atoms with Crippen LogP contribution < -0.4 is 10.6 Å². The molecule has 0 bridgehead atoms. The van der Waals surface area contributed by atoms with E-state index < -0.39 is 39.5 Å². The zero-order valence-corrected chi connectivity index (χ0v) is 16.1. The Bertz CT molecular complexity index is 741. The van der Waals surface area contributed by atoms with Crippen LogP contribution in [0.25, 0.3) is 0 Å². The van der Waals surface area contributed by atoms with Gasteiger partial charge in [-0.1, -0.05) is 30.3 Å². The summed E-state index contributed by atoms with van der Waals surface area (Å²) in [6, 6.07) is 8.00. The van der Waals surface area contributed by atoms with E-state index in [1.807, 2.05) is 30.3 Å². The number of nitrogens with one attached hydrogen (secondary N) is 2. The summed E-state index contributed by atoms with van der Waals surface area (Å²) < 4.78 is 28.4. The molecule has 0 radical (unpaired) electrons. The fraction of sp³-hybridized carbons (Fsp3) is 0.556. The minimum Gasteiger partial charge on any atom is -0.444 e. The Hall–Kier alpha value is -2.09. The quantitative estimate of drug-likeness (QED) is 0.802. The highest BCUT2D eigenvalue weighted by molar-refractivity contribution is 7.91. The molecular formula is C18H26N2O5S. The monoisotopic (exact) mass is 382 g/mol. The van der Waals surface area contributed by atoms with Gasteiger partial charge in [-0.15, -0.1) is 0 Å². The van der Waals surface area contributed by atoms with Gasteiger partial charge in [0.25, 0.3) is 0 Å². The van der Waals surface area contributed by atoms with E-state index in [4.69, 9.17) is 4.74 Å². The Morgan fingerprint density at radius 3 is 2.42 bits per heavy atom. The molecule has 0 aromatic heterocycles. The van der Waals surface area contributed by atoms with Crippen molar-refractivity contribution in [1.29, 1.82) is 0 Å². The molecule has 1 aromatic rings. The van der Waals surface area contributed by atoms with E-state index in [1.165, 1.54) is 0 Å². The van der Waals surface area contributed by atoms with Crippen LogP contribution in [0.5, 0.6) is 0 Å². The third-order valence-corrected chi connectivity index (χ3v) is 5.64. The summed E-state index contributed by atoms with van der Waals surface area (Å²) in [4.78, 5) is 24.7. The normalized spacial score (nSPS) is 20.2. The predicted molar refractivity (Wildman–Crippen MR) is 98.5 cm³/mol. The molecule has 1 saturated heterocycles. The van der Waals surface area contributed by atoms with Crippen LogP contribution in [-0.4, -0.2) is 49.6 Å². The molecule has 1 aliphatic heterocycles. The Balaban J connectivity index is 2.06. The minimum atomic E-state index is -3.10. The number of alkyl carbamates (subject to hydrolysis) is 1. The van der Waals surface area contributed by atoms with Gasteiger partial charge >= 0.3 is 6.09 Å². The molecule has 0 saturated carbocycles. The Morgan fingerprint density at radius 1 is 1.23 bits per heavy atom. The third-order valence-electron chi connectivity index (χ3n) is 3.87. The maximum Gasteiger partial charge on any atom is 0.408 e. The molecule has 0 aliphatic carbocycles. The van der Waals surface area contributed by atoms with Gasteiger partial charge in [-0.25, -0.2) is 13.2 Å². The van der Waals surface area contributed by atoms with Crippen molar-refractivity contribution in [3.63, 3.8) is 0 Å². The second-order valence-corrected chi connectivity index (χ2v) is 9.73. The number of amides is 2. The van der Waals surface area contributed by atoms with E-state index in [0.717, 1.165) is 5.56 Å². The molecule has 2 rings (SSSR count). The number of ether oxygens (including phenoxy) is 1. The van der Waals surface area contributed by atoms with Crippen LogP contribution in [0.4, 0.5) is 4.79 Å². The van der Waals surface area contributed by atoms with Gasteiger partial charge < -0.3 is 15.4 Å². The first-order valence-electron chi connectivity index (χ1n) is 8.58. The van der Waals surface area contributed by atoms with E-state index in [9.17, 15) is 18.0 Å². The smallest absolute Gasteiger partial charge is 0.408 e. The van der Waals surface area contributed by atoms with E-state index >= 15 is 0 Å². The van der Waals surface area contributed by atoms with Crippen molar-refractivity contribution in [1.82, 2.24) is 10.6 Å². The zero-order chi connectivity index (χ0) is 19.4. The highest BCUT2D eigenvalue weighted by atomic mass is 32.2. The Kier molecular flexibility index (Phi) is 6.28. The highest BCUT2D eigenvalue weighted by Gasteiger charge is 2.32. The second-order valence-electron chi connectivity index (χ2n) is 7.50. The molecule has 7 nitrogen and oxygen atoms in total. The van der Waals surface area contributed by atoms with Crippen molar-refractivity contribution in [2.75, 3.05) is 11.5 Å². The molecule has 0 unspecified atom stereocenters. The van der Waals surface area contributed by atoms with Crippen molar-refractivity contribution in [2.45, 2.75) is 51.3 Å². The standard InChI is InChI=1S/C18H26N2O5S/c1-18(2,3)25-17(22)20-15(11-13-7-5-4-6-8-13)16(21)19-14-9-10-26(23,24)12-14/h4-8,14-15H,9-12H2,1-3H3,(H,19,21)(H,20,22)/t14-,15+/m1/s1. The molecule has 1 aliphatic rings. The summed E-state index contributed by atoms with van der Waals surface area (Å²) in [5.41, 5.74) is 0.194. The van der Waals surface area contributed by atoms with Crippen LogP contribution in [-0.2, 0) is 25.8 Å². The lowest BCUT2D eigenvalue weighted by molar-refractivity contribution is -0.123. The van der Waals surface area contributed by atoms with Crippen LogP contribution in [0.2, 0.25) is 0 Å². The summed E-state index contributed by atoms with van der Waals surface area (Å²) in [6.45, 7) is 5.22. The number of hydrogen-bond donors (Lipinski definition) is 2. The van der Waals surface area contributed by atoms with Crippen molar-refractivity contribution in [3.05, 3.63) is 35.9 Å². The topological polar surface area (TPSA) is 102 Å². The van der Waals surface area contributed by atoms with Gasteiger partial charge in [0, 0.05) is 12.5 Å². The maximum atomic E-state index is 12.6. The first-order valence-corrected chi connectivity index (χ1v) is 10.4. The molecule has 8 heteroatoms. The van der Waals surface area contributed by atoms with E-state index in [-0.39, 0.29) is 17.9 Å². The summed E-state index contributed by atoms with van der Waals surface area (Å²) in [5, 5.41) is 5.33. The van der Waals surface area contributed by atoms with Crippen LogP contribution in [0.1, 0.15) is 32.8 Å². The first kappa shape index (κ1) is 20.2. The molecule has 1 heterocycles. The number of benzene rings is 1. The Labute approximate surface area is 154 Å². The fourth-order valence-electron chi connectivity index (χ4n) is 2.72. The van der Waals surface area contributed by atoms with Crippen molar-refractivity contribution >= 4 is 21.8 Å². The molecular weight excluding hydrogens is 356 g/mol. The van der Waals surface area contributed by atoms with Crippen LogP contribution >= 0.6 is 0 Å². The summed E-state index contributed by atoms with van der Waals surface area (Å²) in [5.74, 6) is -0.411. The number of hydrogen-bond acceptors (Lipinski definition) is 5. The number of rotatable bonds is 5. The lowest BCUT2D eigenvalue weighted by atomic mass is 10.0. The largest absolute Gasteiger partial charge is 0.444 e. The average Bonchev–Trinajstić information content (AvgIpc) is 2.84. The van der Waals surface area contributed by atoms with Crippen molar-refractivity contribution in [2.24, 2.45) is 0 Å². The molecule has 26 heavy (non-hydrogen) atoms. The van der Waals surface area contributed by atoms with Gasteiger partial charge in [0.1, 0.15) is 11.6 Å². The van der Waals surface area contributed by atoms with E-state index in [2.05, 4.69) is 10.6 Å². The molecule has 0 spiro atoms. The van der Waals surface area contributed by atoms with Gasteiger partial charge in [-0.05, 0) is 32.8 Å². The average molecular weight is 382 g/mol. The van der Waals surface area contributed by atoms with Crippen LogP contribution in [0.15, 0.2) is 30.3 Å². The molecule has 2 amide bonds. The minimum absolute atomic E-state index is 0.0662. The van der Waals surface area contributed by atoms with Gasteiger partial charge in [0.05, 0.1) is 11.5 Å². The van der Waals surface area contributed by atoms with Gasteiger partial charge in [-0.3, -0.25) is 4.79 Å². The van der Waals surface area contributed by atoms with Crippen molar-refractivity contribution in [3.8, 4) is 0 Å². The van der Waals surface area contributed by atoms with Gasteiger partial charge in [-0.2, -0.15) is 0 Å². The SMILES string of the molecule is CC(C)(C)OC(=O)N[C@@H](Cc1ccccc1)C(=O)N[C@@H]1CCS(=O)(=O)C1. The number of sulfone groups is 1. The maximum absolute atomic E-state index is 12.6. The summed E-state index contributed by atoms with van der Waals surface area (Å²) >= 11 is 0. The van der Waals surface area contributed by atoms with Crippen molar-refractivity contribution < 1.29 is 22.7 Å². The molecule has 144 valence electrons. The highest BCUT2D eigenvalue weighted by Crippen LogP contribution is 2.13. The van der Waals surface area contributed by atoms with E-state index in [0.29, 0.717) is 6.42 Å². The van der Waals surface area contributed by atoms with E-state index in [1.54, 1.807) is 20.8 Å². The first-order chi connectivity index (χ1) is 12.0. The zero-order valence-electron chi connectivity index (χ0n) is 15.3. The lowest BCUT2D eigenvalue weighted by Crippen LogP contribution is -2.51. The molecule has 1 aromatic carbocycles. The molecule has 2 atom stereocenters. The number of carbonyl (C=O) groups is 2. The van der Waals surface area contributed by atoms with Gasteiger partial charge in [0.2, 0.25) is 5.91 Å². The number of carbonyl (C=O) groups excluding carboxylic acids is 2. The van der Waals surface area contributed by atoms with Crippen LogP contribution in [0, 0.1) is 0 Å². The Morgan fingerprint density at radius 2 is 1.88 bits per heavy atom.